The van der Waals surface area contributed by atoms with Crippen LogP contribution in [0.2, 0.25) is 0 Å². The van der Waals surface area contributed by atoms with Crippen molar-refractivity contribution < 1.29 is 23.8 Å². The SMILES string of the molecule is COC(=O)C(CC1C[C@@H](C)O[C@@H](C)C1)NC(=O)OCc1ccccc1. The molecule has 0 aliphatic carbocycles. The van der Waals surface area contributed by atoms with Gasteiger partial charge in [0.05, 0.1) is 19.3 Å². The average molecular weight is 349 g/mol. The first-order chi connectivity index (χ1) is 12.0. The van der Waals surface area contributed by atoms with E-state index in [9.17, 15) is 9.59 Å². The van der Waals surface area contributed by atoms with Crippen molar-refractivity contribution in [2.75, 3.05) is 7.11 Å². The molecule has 1 N–H and O–H groups in total. The summed E-state index contributed by atoms with van der Waals surface area (Å²) in [6.45, 7) is 4.21. The Bertz CT molecular complexity index is 552. The van der Waals surface area contributed by atoms with E-state index in [1.165, 1.54) is 7.11 Å². The number of carbonyl (C=O) groups excluding carboxylic acids is 2. The highest BCUT2D eigenvalue weighted by atomic mass is 16.6. The molecule has 2 rings (SSSR count). The first kappa shape index (κ1) is 19.2. The summed E-state index contributed by atoms with van der Waals surface area (Å²) in [6, 6.07) is 8.68. The van der Waals surface area contributed by atoms with Crippen molar-refractivity contribution >= 4 is 12.1 Å². The van der Waals surface area contributed by atoms with Crippen LogP contribution in [0.4, 0.5) is 4.79 Å². The number of alkyl carbamates (subject to hydrolysis) is 1. The predicted molar refractivity (Wildman–Crippen MR) is 92.9 cm³/mol. The number of methoxy groups -OCH3 is 1. The second-order valence-corrected chi connectivity index (χ2v) is 6.61. The van der Waals surface area contributed by atoms with Crippen LogP contribution in [0.25, 0.3) is 0 Å². The van der Waals surface area contributed by atoms with Gasteiger partial charge in [-0.25, -0.2) is 9.59 Å². The zero-order valence-corrected chi connectivity index (χ0v) is 15.1. The lowest BCUT2D eigenvalue weighted by Crippen LogP contribution is -2.44. The molecule has 1 aromatic rings. The maximum atomic E-state index is 12.1. The van der Waals surface area contributed by atoms with Crippen LogP contribution in [0.15, 0.2) is 30.3 Å². The molecular weight excluding hydrogens is 322 g/mol. The van der Waals surface area contributed by atoms with E-state index < -0.39 is 18.1 Å². The number of benzene rings is 1. The van der Waals surface area contributed by atoms with Crippen LogP contribution in [-0.2, 0) is 25.6 Å². The van der Waals surface area contributed by atoms with Crippen molar-refractivity contribution in [1.82, 2.24) is 5.32 Å². The van der Waals surface area contributed by atoms with Gasteiger partial charge >= 0.3 is 12.1 Å². The predicted octanol–water partition coefficient (Wildman–Crippen LogP) is 3.05. The third-order valence-electron chi connectivity index (χ3n) is 4.35. The number of rotatable bonds is 6. The molecule has 4 atom stereocenters. The fraction of sp³-hybridized carbons (Fsp3) is 0.579. The molecule has 6 nitrogen and oxygen atoms in total. The van der Waals surface area contributed by atoms with Crippen molar-refractivity contribution in [3.05, 3.63) is 35.9 Å². The number of esters is 1. The van der Waals surface area contributed by atoms with Crippen LogP contribution < -0.4 is 5.32 Å². The van der Waals surface area contributed by atoms with Crippen molar-refractivity contribution in [2.45, 2.75) is 58.0 Å². The minimum atomic E-state index is -0.712. The lowest BCUT2D eigenvalue weighted by Gasteiger charge is -2.33. The summed E-state index contributed by atoms with van der Waals surface area (Å²) in [4.78, 5) is 24.1. The summed E-state index contributed by atoms with van der Waals surface area (Å²) in [5, 5.41) is 2.64. The van der Waals surface area contributed by atoms with Gasteiger partial charge in [0, 0.05) is 0 Å². The topological polar surface area (TPSA) is 73.9 Å². The van der Waals surface area contributed by atoms with Gasteiger partial charge in [0.1, 0.15) is 12.6 Å². The average Bonchev–Trinajstić information content (AvgIpc) is 2.58. The molecule has 1 aromatic carbocycles. The molecule has 1 aliphatic heterocycles. The van der Waals surface area contributed by atoms with Crippen molar-refractivity contribution in [3.63, 3.8) is 0 Å². The molecule has 25 heavy (non-hydrogen) atoms. The van der Waals surface area contributed by atoms with Gasteiger partial charge in [-0.2, -0.15) is 0 Å². The Morgan fingerprint density at radius 1 is 1.20 bits per heavy atom. The molecule has 1 aliphatic rings. The zero-order chi connectivity index (χ0) is 18.2. The van der Waals surface area contributed by atoms with Crippen LogP contribution in [-0.4, -0.2) is 37.4 Å². The quantitative estimate of drug-likeness (QED) is 0.799. The molecule has 2 unspecified atom stereocenters. The Hall–Kier alpha value is -2.08. The molecule has 0 aromatic heterocycles. The Morgan fingerprint density at radius 2 is 1.84 bits per heavy atom. The third kappa shape index (κ3) is 6.38. The van der Waals surface area contributed by atoms with Crippen molar-refractivity contribution in [3.8, 4) is 0 Å². The van der Waals surface area contributed by atoms with Crippen LogP contribution in [0.3, 0.4) is 0 Å². The standard InChI is InChI=1S/C19H27NO5/c1-13-9-16(10-14(2)25-13)11-17(18(21)23-3)20-19(22)24-12-15-7-5-4-6-8-15/h4-8,13-14,16-17H,9-12H2,1-3H3,(H,20,22)/t13-,14+,16?,17?. The van der Waals surface area contributed by atoms with Crippen molar-refractivity contribution in [1.29, 1.82) is 0 Å². The fourth-order valence-corrected chi connectivity index (χ4v) is 3.33. The van der Waals surface area contributed by atoms with Crippen LogP contribution in [0, 0.1) is 5.92 Å². The van der Waals surface area contributed by atoms with Gasteiger partial charge in [0.2, 0.25) is 0 Å². The molecule has 6 heteroatoms. The number of nitrogens with one attached hydrogen (secondary N) is 1. The number of hydrogen-bond acceptors (Lipinski definition) is 5. The van der Waals surface area contributed by atoms with Crippen LogP contribution >= 0.6 is 0 Å². The van der Waals surface area contributed by atoms with E-state index in [1.807, 2.05) is 44.2 Å². The molecule has 1 saturated heterocycles. The van der Waals surface area contributed by atoms with Gasteiger partial charge in [-0.1, -0.05) is 30.3 Å². The highest BCUT2D eigenvalue weighted by molar-refractivity contribution is 5.81. The highest BCUT2D eigenvalue weighted by Gasteiger charge is 2.31. The van der Waals surface area contributed by atoms with Gasteiger partial charge in [0.15, 0.2) is 0 Å². The zero-order valence-electron chi connectivity index (χ0n) is 15.1. The minimum Gasteiger partial charge on any atom is -0.467 e. The summed E-state index contributed by atoms with van der Waals surface area (Å²) < 4.78 is 15.8. The monoisotopic (exact) mass is 349 g/mol. The van der Waals surface area contributed by atoms with E-state index in [0.717, 1.165) is 18.4 Å². The number of hydrogen-bond donors (Lipinski definition) is 1. The second-order valence-electron chi connectivity index (χ2n) is 6.61. The summed E-state index contributed by atoms with van der Waals surface area (Å²) in [6.07, 6.45) is 1.92. The number of amides is 1. The minimum absolute atomic E-state index is 0.150. The number of carbonyl (C=O) groups is 2. The first-order valence-electron chi connectivity index (χ1n) is 8.68. The lowest BCUT2D eigenvalue weighted by molar-refractivity contribution is -0.144. The molecule has 0 bridgehead atoms. The second kappa shape index (κ2) is 9.42. The molecule has 1 amide bonds. The van der Waals surface area contributed by atoms with E-state index >= 15 is 0 Å². The van der Waals surface area contributed by atoms with Crippen molar-refractivity contribution in [2.24, 2.45) is 5.92 Å². The largest absolute Gasteiger partial charge is 0.467 e. The summed E-state index contributed by atoms with van der Waals surface area (Å²) in [7, 11) is 1.32. The van der Waals surface area contributed by atoms with E-state index in [4.69, 9.17) is 14.2 Å². The van der Waals surface area contributed by atoms with Gasteiger partial charge in [0.25, 0.3) is 0 Å². The van der Waals surface area contributed by atoms with E-state index in [1.54, 1.807) is 0 Å². The molecule has 0 radical (unpaired) electrons. The normalized spacial score (nSPS) is 24.2. The highest BCUT2D eigenvalue weighted by Crippen LogP contribution is 2.28. The lowest BCUT2D eigenvalue weighted by atomic mass is 9.87. The van der Waals surface area contributed by atoms with Gasteiger partial charge in [-0.15, -0.1) is 0 Å². The van der Waals surface area contributed by atoms with Gasteiger partial charge in [-0.3, -0.25) is 0 Å². The Balaban J connectivity index is 1.88. The van der Waals surface area contributed by atoms with Gasteiger partial charge < -0.3 is 19.5 Å². The molecule has 1 heterocycles. The maximum absolute atomic E-state index is 12.1. The first-order valence-corrected chi connectivity index (χ1v) is 8.68. The summed E-state index contributed by atoms with van der Waals surface area (Å²) in [5.41, 5.74) is 0.888. The molecule has 138 valence electrons. The van der Waals surface area contributed by atoms with Crippen LogP contribution in [0.1, 0.15) is 38.7 Å². The molecule has 1 fully saturated rings. The summed E-state index contributed by atoms with van der Waals surface area (Å²) >= 11 is 0. The Morgan fingerprint density at radius 3 is 2.44 bits per heavy atom. The molecule has 0 spiro atoms. The smallest absolute Gasteiger partial charge is 0.408 e. The molecule has 0 saturated carbocycles. The van der Waals surface area contributed by atoms with Gasteiger partial charge in [-0.05, 0) is 44.6 Å². The molecular formula is C19H27NO5. The summed E-state index contributed by atoms with van der Waals surface area (Å²) in [5.74, 6) is -0.166. The van der Waals surface area contributed by atoms with Crippen LogP contribution in [0.5, 0.6) is 0 Å². The van der Waals surface area contributed by atoms with E-state index in [-0.39, 0.29) is 24.7 Å². The number of ether oxygens (including phenoxy) is 3. The third-order valence-corrected chi connectivity index (χ3v) is 4.35. The maximum Gasteiger partial charge on any atom is 0.408 e. The Labute approximate surface area is 148 Å². The fourth-order valence-electron chi connectivity index (χ4n) is 3.33. The van der Waals surface area contributed by atoms with E-state index in [2.05, 4.69) is 5.32 Å². The van der Waals surface area contributed by atoms with E-state index in [0.29, 0.717) is 6.42 Å². The Kier molecular flexibility index (Phi) is 7.25.